The van der Waals surface area contributed by atoms with E-state index in [2.05, 4.69) is 52.3 Å². The summed E-state index contributed by atoms with van der Waals surface area (Å²) in [4.78, 5) is 18.2. The molecule has 5 nitrogen and oxygen atoms in total. The summed E-state index contributed by atoms with van der Waals surface area (Å²) >= 11 is 0. The van der Waals surface area contributed by atoms with Crippen LogP contribution in [0.5, 0.6) is 5.75 Å². The third kappa shape index (κ3) is 4.50. The first-order valence-electron chi connectivity index (χ1n) is 11.5. The third-order valence-corrected chi connectivity index (χ3v) is 6.53. The van der Waals surface area contributed by atoms with Gasteiger partial charge in [-0.05, 0) is 35.9 Å². The lowest BCUT2D eigenvalue weighted by molar-refractivity contribution is 0.247. The third-order valence-electron chi connectivity index (χ3n) is 6.53. The van der Waals surface area contributed by atoms with E-state index < -0.39 is 0 Å². The molecular weight excluding hydrogens is 410 g/mol. The Morgan fingerprint density at radius 2 is 1.48 bits per heavy atom. The molecular formula is C28H29N3O2. The van der Waals surface area contributed by atoms with Crippen molar-refractivity contribution in [3.05, 3.63) is 95.4 Å². The summed E-state index contributed by atoms with van der Waals surface area (Å²) in [5, 5.41) is 1.66. The van der Waals surface area contributed by atoms with Crippen LogP contribution in [-0.4, -0.2) is 49.3 Å². The molecule has 5 heteroatoms. The molecule has 0 bridgehead atoms. The van der Waals surface area contributed by atoms with Crippen LogP contribution in [-0.2, 0) is 6.54 Å². The van der Waals surface area contributed by atoms with Crippen LogP contribution in [0.15, 0.2) is 89.9 Å². The zero-order valence-corrected chi connectivity index (χ0v) is 19.0. The minimum Gasteiger partial charge on any atom is -0.497 e. The van der Waals surface area contributed by atoms with Crippen LogP contribution in [0.2, 0.25) is 0 Å². The molecule has 1 fully saturated rings. The summed E-state index contributed by atoms with van der Waals surface area (Å²) in [7, 11) is 1.65. The van der Waals surface area contributed by atoms with Crippen LogP contribution in [0.3, 0.4) is 0 Å². The van der Waals surface area contributed by atoms with Crippen molar-refractivity contribution in [1.82, 2.24) is 9.47 Å². The van der Waals surface area contributed by atoms with Gasteiger partial charge in [0.1, 0.15) is 5.75 Å². The number of aromatic nitrogens is 1. The van der Waals surface area contributed by atoms with Crippen molar-refractivity contribution in [2.24, 2.45) is 0 Å². The number of hydrogen-bond donors (Lipinski definition) is 0. The molecule has 2 heterocycles. The summed E-state index contributed by atoms with van der Waals surface area (Å²) in [6.07, 6.45) is 2.01. The Labute approximate surface area is 194 Å². The van der Waals surface area contributed by atoms with E-state index in [1.807, 2.05) is 47.2 Å². The van der Waals surface area contributed by atoms with Gasteiger partial charge in [0.2, 0.25) is 0 Å². The van der Waals surface area contributed by atoms with Crippen molar-refractivity contribution in [1.29, 1.82) is 0 Å². The molecule has 4 aromatic rings. The van der Waals surface area contributed by atoms with E-state index in [-0.39, 0.29) is 5.56 Å². The molecule has 0 unspecified atom stereocenters. The first-order valence-corrected chi connectivity index (χ1v) is 11.5. The molecule has 0 spiro atoms. The monoisotopic (exact) mass is 439 g/mol. The quantitative estimate of drug-likeness (QED) is 0.443. The highest BCUT2D eigenvalue weighted by molar-refractivity contribution is 5.96. The number of fused-ring (bicyclic) bond motifs is 1. The number of rotatable bonds is 6. The van der Waals surface area contributed by atoms with E-state index >= 15 is 0 Å². The molecule has 0 radical (unpaired) electrons. The van der Waals surface area contributed by atoms with Gasteiger partial charge in [0, 0.05) is 67.5 Å². The number of benzene rings is 3. The largest absolute Gasteiger partial charge is 0.497 e. The zero-order valence-electron chi connectivity index (χ0n) is 19.0. The molecule has 1 aromatic heterocycles. The molecule has 3 aromatic carbocycles. The minimum absolute atomic E-state index is 0.0512. The van der Waals surface area contributed by atoms with Crippen LogP contribution in [0.1, 0.15) is 0 Å². The van der Waals surface area contributed by atoms with Crippen molar-refractivity contribution < 1.29 is 4.74 Å². The van der Waals surface area contributed by atoms with Crippen molar-refractivity contribution in [2.45, 2.75) is 6.54 Å². The highest BCUT2D eigenvalue weighted by atomic mass is 16.5. The molecule has 1 aliphatic heterocycles. The number of ether oxygens (including phenoxy) is 1. The molecule has 1 aliphatic rings. The Hall–Kier alpha value is -3.57. The van der Waals surface area contributed by atoms with Gasteiger partial charge in [-0.2, -0.15) is 0 Å². The van der Waals surface area contributed by atoms with Crippen molar-refractivity contribution in [3.63, 3.8) is 0 Å². The topological polar surface area (TPSA) is 37.7 Å². The molecule has 168 valence electrons. The van der Waals surface area contributed by atoms with Crippen LogP contribution in [0, 0.1) is 0 Å². The number of piperazine rings is 1. The van der Waals surface area contributed by atoms with E-state index in [1.165, 1.54) is 5.69 Å². The lowest BCUT2D eigenvalue weighted by Gasteiger charge is -2.36. The Balaban J connectivity index is 1.38. The van der Waals surface area contributed by atoms with Crippen molar-refractivity contribution >= 4 is 16.5 Å². The van der Waals surface area contributed by atoms with Crippen LogP contribution in [0.25, 0.3) is 21.9 Å². The normalized spacial score (nSPS) is 14.5. The molecule has 0 aliphatic carbocycles. The number of hydrogen-bond acceptors (Lipinski definition) is 4. The molecule has 1 saturated heterocycles. The molecule has 33 heavy (non-hydrogen) atoms. The summed E-state index contributed by atoms with van der Waals surface area (Å²) in [6, 6.07) is 26.5. The van der Waals surface area contributed by atoms with Gasteiger partial charge in [0.05, 0.1) is 7.11 Å². The van der Waals surface area contributed by atoms with Gasteiger partial charge in [0.15, 0.2) is 0 Å². The zero-order chi connectivity index (χ0) is 22.6. The summed E-state index contributed by atoms with van der Waals surface area (Å²) in [6.45, 7) is 5.54. The standard InChI is InChI=1S/C28H29N3O2/c1-33-24-12-13-25-26(20-24)27(22-8-4-2-5-9-22)21-31(28(25)32)19-16-29-14-17-30(18-15-29)23-10-6-3-7-11-23/h2-13,20-21H,14-19H2,1H3. The van der Waals surface area contributed by atoms with Crippen molar-refractivity contribution in [2.75, 3.05) is 44.7 Å². The second-order valence-electron chi connectivity index (χ2n) is 8.48. The molecule has 0 amide bonds. The maximum absolute atomic E-state index is 13.3. The Morgan fingerprint density at radius 1 is 0.788 bits per heavy atom. The molecule has 0 saturated carbocycles. The van der Waals surface area contributed by atoms with Gasteiger partial charge >= 0.3 is 0 Å². The Bertz CT molecular complexity index is 1280. The number of anilines is 1. The highest BCUT2D eigenvalue weighted by Gasteiger charge is 2.18. The van der Waals surface area contributed by atoms with Gasteiger partial charge in [-0.3, -0.25) is 9.69 Å². The number of methoxy groups -OCH3 is 1. The average molecular weight is 440 g/mol. The minimum atomic E-state index is 0.0512. The fourth-order valence-electron chi connectivity index (χ4n) is 4.63. The van der Waals surface area contributed by atoms with Crippen LogP contribution in [0.4, 0.5) is 5.69 Å². The molecule has 5 rings (SSSR count). The Morgan fingerprint density at radius 3 is 2.18 bits per heavy atom. The fraction of sp³-hybridized carbons (Fsp3) is 0.250. The van der Waals surface area contributed by atoms with Gasteiger partial charge in [0.25, 0.3) is 5.56 Å². The summed E-state index contributed by atoms with van der Waals surface area (Å²) < 4.78 is 7.31. The highest BCUT2D eigenvalue weighted by Crippen LogP contribution is 2.29. The summed E-state index contributed by atoms with van der Waals surface area (Å²) in [5.74, 6) is 0.758. The van der Waals surface area contributed by atoms with E-state index in [0.717, 1.165) is 60.4 Å². The smallest absolute Gasteiger partial charge is 0.258 e. The van der Waals surface area contributed by atoms with Gasteiger partial charge in [-0.25, -0.2) is 0 Å². The fourth-order valence-corrected chi connectivity index (χ4v) is 4.63. The second-order valence-corrected chi connectivity index (χ2v) is 8.48. The molecule has 0 N–H and O–H groups in total. The van der Waals surface area contributed by atoms with E-state index in [0.29, 0.717) is 6.54 Å². The van der Waals surface area contributed by atoms with Gasteiger partial charge in [-0.1, -0.05) is 48.5 Å². The average Bonchev–Trinajstić information content (AvgIpc) is 2.89. The maximum atomic E-state index is 13.3. The van der Waals surface area contributed by atoms with E-state index in [1.54, 1.807) is 7.11 Å². The number of nitrogens with zero attached hydrogens (tertiary/aromatic N) is 3. The van der Waals surface area contributed by atoms with Gasteiger partial charge < -0.3 is 14.2 Å². The lowest BCUT2D eigenvalue weighted by atomic mass is 10.0. The second kappa shape index (κ2) is 9.51. The van der Waals surface area contributed by atoms with Gasteiger partial charge in [-0.15, -0.1) is 0 Å². The first kappa shape index (κ1) is 21.3. The van der Waals surface area contributed by atoms with E-state index in [9.17, 15) is 4.79 Å². The number of para-hydroxylation sites is 1. The Kier molecular flexibility index (Phi) is 6.13. The number of pyridine rings is 1. The van der Waals surface area contributed by atoms with Crippen LogP contribution < -0.4 is 15.2 Å². The predicted octanol–water partition coefficient (Wildman–Crippen LogP) is 4.50. The van der Waals surface area contributed by atoms with E-state index in [4.69, 9.17) is 4.74 Å². The first-order chi connectivity index (χ1) is 16.2. The maximum Gasteiger partial charge on any atom is 0.258 e. The SMILES string of the molecule is COc1ccc2c(=O)n(CCN3CCN(c4ccccc4)CC3)cc(-c3ccccc3)c2c1. The lowest BCUT2D eigenvalue weighted by Crippen LogP contribution is -2.47. The molecule has 0 atom stereocenters. The predicted molar refractivity (Wildman–Crippen MR) is 135 cm³/mol. The van der Waals surface area contributed by atoms with Crippen LogP contribution >= 0.6 is 0 Å². The van der Waals surface area contributed by atoms with Crippen molar-refractivity contribution in [3.8, 4) is 16.9 Å². The summed E-state index contributed by atoms with van der Waals surface area (Å²) in [5.41, 5.74) is 3.49.